The Balaban J connectivity index is 1.44. The van der Waals surface area contributed by atoms with Crippen LogP contribution in [-0.4, -0.2) is 35.7 Å². The van der Waals surface area contributed by atoms with E-state index < -0.39 is 0 Å². The zero-order valence-electron chi connectivity index (χ0n) is 19.6. The Morgan fingerprint density at radius 2 is 1.60 bits per heavy atom. The highest BCUT2D eigenvalue weighted by molar-refractivity contribution is 14.1. The molecule has 0 N–H and O–H groups in total. The monoisotopic (exact) mass is 592 g/mol. The number of pyridine rings is 1. The third-order valence-corrected chi connectivity index (χ3v) is 8.55. The smallest absolute Gasteiger partial charge is 0.104 e. The standard InChI is InChI=1S/C30H29IN2OS/c31-20-25-14-7-8-15-26(25)27-16-9-17-32-30(27)35-29(24-12-5-2-6-13-24)28-22-33(18-19-34-28)21-23-10-3-1-4-11-23/h1-17,28-29H,18-22H2/t28-,29?/m0/s1. The lowest BCUT2D eigenvalue weighted by Gasteiger charge is -2.37. The topological polar surface area (TPSA) is 25.4 Å². The van der Waals surface area contributed by atoms with E-state index in [1.54, 1.807) is 0 Å². The number of benzene rings is 3. The van der Waals surface area contributed by atoms with Crippen LogP contribution in [0.5, 0.6) is 0 Å². The fourth-order valence-corrected chi connectivity index (χ4v) is 6.55. The van der Waals surface area contributed by atoms with Gasteiger partial charge in [-0.2, -0.15) is 0 Å². The number of hydrogen-bond acceptors (Lipinski definition) is 4. The SMILES string of the molecule is ICc1ccccc1-c1cccnc1SC(c1ccccc1)[C@@H]1CN(Cc2ccccc2)CCO1. The molecular weight excluding hydrogens is 563 g/mol. The summed E-state index contributed by atoms with van der Waals surface area (Å²) in [5, 5.41) is 1.21. The summed E-state index contributed by atoms with van der Waals surface area (Å²) in [6.07, 6.45) is 1.99. The molecule has 35 heavy (non-hydrogen) atoms. The zero-order chi connectivity index (χ0) is 23.9. The van der Waals surface area contributed by atoms with E-state index in [9.17, 15) is 0 Å². The van der Waals surface area contributed by atoms with Crippen molar-refractivity contribution >= 4 is 34.4 Å². The summed E-state index contributed by atoms with van der Waals surface area (Å²) in [5.74, 6) is 0. The Morgan fingerprint density at radius 3 is 2.40 bits per heavy atom. The number of hydrogen-bond donors (Lipinski definition) is 0. The minimum atomic E-state index is 0.0783. The van der Waals surface area contributed by atoms with Crippen LogP contribution in [0.1, 0.15) is 21.9 Å². The second-order valence-corrected chi connectivity index (χ2v) is 10.6. The first-order valence-electron chi connectivity index (χ1n) is 12.0. The maximum absolute atomic E-state index is 6.43. The molecule has 0 saturated carbocycles. The van der Waals surface area contributed by atoms with Gasteiger partial charge in [-0.15, -0.1) is 0 Å². The normalized spacial score (nSPS) is 17.2. The zero-order valence-corrected chi connectivity index (χ0v) is 22.6. The van der Waals surface area contributed by atoms with Gasteiger partial charge < -0.3 is 4.74 Å². The first kappa shape index (κ1) is 24.5. The van der Waals surface area contributed by atoms with E-state index in [2.05, 4.69) is 118 Å². The molecule has 1 aromatic heterocycles. The molecule has 1 saturated heterocycles. The maximum atomic E-state index is 6.43. The molecule has 2 atom stereocenters. The van der Waals surface area contributed by atoms with Crippen molar-refractivity contribution in [2.75, 3.05) is 19.7 Å². The van der Waals surface area contributed by atoms with Gasteiger partial charge in [-0.25, -0.2) is 4.98 Å². The number of halogens is 1. The molecule has 0 spiro atoms. The van der Waals surface area contributed by atoms with Crippen molar-refractivity contribution in [3.63, 3.8) is 0 Å². The Bertz CT molecular complexity index is 1220. The van der Waals surface area contributed by atoms with Gasteiger partial charge in [0.25, 0.3) is 0 Å². The highest BCUT2D eigenvalue weighted by Gasteiger charge is 2.31. The number of morpholine rings is 1. The van der Waals surface area contributed by atoms with Gasteiger partial charge in [0.2, 0.25) is 0 Å². The van der Waals surface area contributed by atoms with Crippen molar-refractivity contribution < 1.29 is 4.74 Å². The van der Waals surface area contributed by atoms with Crippen LogP contribution in [0.2, 0.25) is 0 Å². The molecule has 178 valence electrons. The van der Waals surface area contributed by atoms with E-state index in [0.717, 1.165) is 35.7 Å². The van der Waals surface area contributed by atoms with Crippen LogP contribution >= 0.6 is 34.4 Å². The van der Waals surface area contributed by atoms with Gasteiger partial charge in [-0.3, -0.25) is 4.90 Å². The summed E-state index contributed by atoms with van der Waals surface area (Å²) < 4.78 is 7.40. The lowest BCUT2D eigenvalue weighted by Crippen LogP contribution is -2.44. The summed E-state index contributed by atoms with van der Waals surface area (Å²) in [6, 6.07) is 34.4. The fourth-order valence-electron chi connectivity index (χ4n) is 4.61. The van der Waals surface area contributed by atoms with Gasteiger partial charge in [0, 0.05) is 35.8 Å². The molecule has 1 fully saturated rings. The van der Waals surface area contributed by atoms with E-state index >= 15 is 0 Å². The third kappa shape index (κ3) is 6.15. The molecule has 5 heteroatoms. The van der Waals surface area contributed by atoms with Crippen LogP contribution in [0.4, 0.5) is 0 Å². The molecule has 2 heterocycles. The maximum Gasteiger partial charge on any atom is 0.104 e. The predicted molar refractivity (Wildman–Crippen MR) is 154 cm³/mol. The number of alkyl halides is 1. The first-order chi connectivity index (χ1) is 17.3. The van der Waals surface area contributed by atoms with Gasteiger partial charge in [-0.05, 0) is 28.3 Å². The van der Waals surface area contributed by atoms with E-state index in [1.807, 2.05) is 24.0 Å². The summed E-state index contributed by atoms with van der Waals surface area (Å²) >= 11 is 4.28. The van der Waals surface area contributed by atoms with Gasteiger partial charge in [-0.1, -0.05) is 125 Å². The first-order valence-corrected chi connectivity index (χ1v) is 14.4. The number of thioether (sulfide) groups is 1. The molecule has 5 rings (SSSR count). The van der Waals surface area contributed by atoms with Crippen LogP contribution in [0.15, 0.2) is 108 Å². The number of aromatic nitrogens is 1. The van der Waals surface area contributed by atoms with Gasteiger partial charge >= 0.3 is 0 Å². The molecule has 0 aliphatic carbocycles. The predicted octanol–water partition coefficient (Wildman–Crippen LogP) is 7.42. The van der Waals surface area contributed by atoms with E-state index in [4.69, 9.17) is 9.72 Å². The highest BCUT2D eigenvalue weighted by Crippen LogP contribution is 2.43. The summed E-state index contributed by atoms with van der Waals surface area (Å²) in [7, 11) is 0. The molecule has 0 radical (unpaired) electrons. The van der Waals surface area contributed by atoms with Crippen LogP contribution in [0.3, 0.4) is 0 Å². The number of ether oxygens (including phenoxy) is 1. The van der Waals surface area contributed by atoms with Crippen molar-refractivity contribution in [1.29, 1.82) is 0 Å². The molecule has 0 bridgehead atoms. The minimum Gasteiger partial charge on any atom is -0.374 e. The van der Waals surface area contributed by atoms with E-state index in [-0.39, 0.29) is 11.4 Å². The van der Waals surface area contributed by atoms with Gasteiger partial charge in [0.15, 0.2) is 0 Å². The van der Waals surface area contributed by atoms with Gasteiger partial charge in [0.1, 0.15) is 5.03 Å². The number of nitrogens with zero attached hydrogens (tertiary/aromatic N) is 2. The third-order valence-electron chi connectivity index (χ3n) is 6.35. The average Bonchev–Trinajstić information content (AvgIpc) is 2.93. The van der Waals surface area contributed by atoms with Crippen LogP contribution in [0.25, 0.3) is 11.1 Å². The lowest BCUT2D eigenvalue weighted by molar-refractivity contribution is -0.0320. The quantitative estimate of drug-likeness (QED) is 0.121. The second kappa shape index (κ2) is 12.2. The second-order valence-electron chi connectivity index (χ2n) is 8.73. The Kier molecular flexibility index (Phi) is 8.52. The fraction of sp³-hybridized carbons (Fsp3) is 0.233. The summed E-state index contributed by atoms with van der Waals surface area (Å²) in [5.41, 5.74) is 6.42. The van der Waals surface area contributed by atoms with Gasteiger partial charge in [0.05, 0.1) is 18.0 Å². The van der Waals surface area contributed by atoms with Crippen molar-refractivity contribution in [3.05, 3.63) is 120 Å². The largest absolute Gasteiger partial charge is 0.374 e. The number of rotatable bonds is 8. The van der Waals surface area contributed by atoms with Crippen LogP contribution in [0, 0.1) is 0 Å². The lowest BCUT2D eigenvalue weighted by atomic mass is 10.0. The summed E-state index contributed by atoms with van der Waals surface area (Å²) in [4.78, 5) is 7.39. The molecule has 4 aromatic rings. The Hall–Kier alpha value is -2.19. The van der Waals surface area contributed by atoms with Crippen molar-refractivity contribution in [1.82, 2.24) is 9.88 Å². The van der Waals surface area contributed by atoms with Crippen molar-refractivity contribution in [2.45, 2.75) is 27.4 Å². The highest BCUT2D eigenvalue weighted by atomic mass is 127. The molecular formula is C30H29IN2OS. The molecule has 1 aliphatic heterocycles. The van der Waals surface area contributed by atoms with Crippen LogP contribution in [-0.2, 0) is 15.7 Å². The van der Waals surface area contributed by atoms with E-state index in [1.165, 1.54) is 27.8 Å². The Labute approximate surface area is 226 Å². The molecule has 3 nitrogen and oxygen atoms in total. The van der Waals surface area contributed by atoms with E-state index in [0.29, 0.717) is 0 Å². The Morgan fingerprint density at radius 1 is 0.886 bits per heavy atom. The van der Waals surface area contributed by atoms with Crippen LogP contribution < -0.4 is 0 Å². The van der Waals surface area contributed by atoms with Crippen molar-refractivity contribution in [2.24, 2.45) is 0 Å². The molecule has 1 aliphatic rings. The van der Waals surface area contributed by atoms with Crippen molar-refractivity contribution in [3.8, 4) is 11.1 Å². The minimum absolute atomic E-state index is 0.0783. The summed E-state index contributed by atoms with van der Waals surface area (Å²) in [6.45, 7) is 3.54. The average molecular weight is 593 g/mol. The molecule has 1 unspecified atom stereocenters. The molecule has 0 amide bonds. The molecule has 3 aromatic carbocycles.